The lowest BCUT2D eigenvalue weighted by molar-refractivity contribution is 0.564. The summed E-state index contributed by atoms with van der Waals surface area (Å²) in [4.78, 5) is 4.11. The van der Waals surface area contributed by atoms with Gasteiger partial charge in [-0.2, -0.15) is 0 Å². The Hall–Kier alpha value is -0.880. The molecule has 1 heterocycles. The molecule has 0 amide bonds. The van der Waals surface area contributed by atoms with E-state index in [1.807, 2.05) is 24.6 Å². The molecule has 5 nitrogen and oxygen atoms in total. The lowest BCUT2D eigenvalue weighted by Gasteiger charge is -2.10. The van der Waals surface area contributed by atoms with Gasteiger partial charge >= 0.3 is 0 Å². The highest BCUT2D eigenvalue weighted by Crippen LogP contribution is 2.35. The number of nitrogens with zero attached hydrogens (tertiary/aromatic N) is 2. The summed E-state index contributed by atoms with van der Waals surface area (Å²) in [5.74, 6) is 0.602. The zero-order valence-electron chi connectivity index (χ0n) is 9.55. The van der Waals surface area contributed by atoms with Crippen LogP contribution in [0.1, 0.15) is 38.6 Å². The molecule has 0 aliphatic heterocycles. The van der Waals surface area contributed by atoms with Crippen LogP contribution in [0.4, 0.5) is 0 Å². The smallest absolute Gasteiger partial charge is 0.219 e. The topological polar surface area (TPSA) is 64.0 Å². The summed E-state index contributed by atoms with van der Waals surface area (Å²) in [5, 5.41) is 0. The largest absolute Gasteiger partial charge is 0.331 e. The molecule has 0 saturated heterocycles. The molecule has 0 bridgehead atoms. The Bertz CT molecular complexity index is 460. The van der Waals surface area contributed by atoms with Crippen molar-refractivity contribution in [3.8, 4) is 0 Å². The van der Waals surface area contributed by atoms with Gasteiger partial charge in [0.05, 0.1) is 0 Å². The van der Waals surface area contributed by atoms with Gasteiger partial charge < -0.3 is 4.57 Å². The van der Waals surface area contributed by atoms with Crippen LogP contribution in [0.25, 0.3) is 0 Å². The Labute approximate surface area is 95.9 Å². The number of nitrogens with one attached hydrogen (secondary N) is 1. The van der Waals surface area contributed by atoms with Gasteiger partial charge in [0.25, 0.3) is 0 Å². The van der Waals surface area contributed by atoms with E-state index in [2.05, 4.69) is 9.71 Å². The molecule has 0 atom stereocenters. The lowest BCUT2D eigenvalue weighted by Crippen LogP contribution is -2.32. The summed E-state index contributed by atoms with van der Waals surface area (Å²) >= 11 is 0. The molecule has 1 fully saturated rings. The van der Waals surface area contributed by atoms with Crippen molar-refractivity contribution in [1.82, 2.24) is 14.3 Å². The van der Waals surface area contributed by atoms with Crippen LogP contribution < -0.4 is 4.72 Å². The zero-order chi connectivity index (χ0) is 11.8. The van der Waals surface area contributed by atoms with Crippen molar-refractivity contribution in [2.45, 2.75) is 44.5 Å². The molecule has 0 radical (unpaired) electrons. The van der Waals surface area contributed by atoms with Gasteiger partial charge in [-0.25, -0.2) is 18.1 Å². The average molecular weight is 243 g/mol. The number of hydrogen-bond acceptors (Lipinski definition) is 3. The zero-order valence-corrected chi connectivity index (χ0v) is 10.4. The normalized spacial score (nSPS) is 16.9. The van der Waals surface area contributed by atoms with Crippen molar-refractivity contribution in [3.05, 3.63) is 18.2 Å². The molecule has 6 heteroatoms. The van der Waals surface area contributed by atoms with Gasteiger partial charge in [0, 0.05) is 24.5 Å². The van der Waals surface area contributed by atoms with Crippen molar-refractivity contribution in [2.24, 2.45) is 0 Å². The molecule has 1 aromatic rings. The number of imidazole rings is 1. The summed E-state index contributed by atoms with van der Waals surface area (Å²) in [6, 6.07) is 0.390. The molecule has 0 spiro atoms. The first-order valence-electron chi connectivity index (χ1n) is 5.49. The highest BCUT2D eigenvalue weighted by molar-refractivity contribution is 7.88. The van der Waals surface area contributed by atoms with Crippen LogP contribution in [0.2, 0.25) is 0 Å². The maximum Gasteiger partial charge on any atom is 0.219 e. The fourth-order valence-electron chi connectivity index (χ4n) is 1.71. The lowest BCUT2D eigenvalue weighted by atomic mass is 10.4. The number of aromatic nitrogens is 2. The minimum atomic E-state index is -3.27. The number of rotatable bonds is 5. The van der Waals surface area contributed by atoms with E-state index in [-0.39, 0.29) is 11.8 Å². The predicted octanol–water partition coefficient (Wildman–Crippen LogP) is 1.05. The van der Waals surface area contributed by atoms with E-state index < -0.39 is 10.0 Å². The van der Waals surface area contributed by atoms with Crippen LogP contribution in [0, 0.1) is 0 Å². The van der Waals surface area contributed by atoms with Crippen LogP contribution in [0.3, 0.4) is 0 Å². The van der Waals surface area contributed by atoms with E-state index in [9.17, 15) is 8.42 Å². The first-order valence-corrected chi connectivity index (χ1v) is 7.15. The molecule has 90 valence electrons. The molecule has 1 aromatic heterocycles. The van der Waals surface area contributed by atoms with Gasteiger partial charge in [0.15, 0.2) is 0 Å². The molecule has 2 rings (SSSR count). The Balaban J connectivity index is 2.11. The second-order valence-corrected chi connectivity index (χ2v) is 6.27. The predicted molar refractivity (Wildman–Crippen MR) is 61.4 cm³/mol. The van der Waals surface area contributed by atoms with Crippen molar-refractivity contribution < 1.29 is 8.42 Å². The van der Waals surface area contributed by atoms with Gasteiger partial charge in [-0.05, 0) is 26.7 Å². The van der Waals surface area contributed by atoms with Crippen LogP contribution in [0.5, 0.6) is 0 Å². The third-order valence-electron chi connectivity index (χ3n) is 2.42. The number of sulfonamides is 1. The van der Waals surface area contributed by atoms with Crippen LogP contribution in [0.15, 0.2) is 12.4 Å². The molecule has 1 aliphatic rings. The third kappa shape index (κ3) is 2.82. The van der Waals surface area contributed by atoms with Gasteiger partial charge in [0.1, 0.15) is 11.6 Å². The van der Waals surface area contributed by atoms with Crippen LogP contribution in [-0.2, 0) is 15.8 Å². The van der Waals surface area contributed by atoms with Gasteiger partial charge in [-0.3, -0.25) is 0 Å². The number of hydrogen-bond donors (Lipinski definition) is 1. The van der Waals surface area contributed by atoms with E-state index in [0.717, 1.165) is 12.8 Å². The van der Waals surface area contributed by atoms with E-state index >= 15 is 0 Å². The fourth-order valence-corrected chi connectivity index (χ4v) is 3.08. The summed E-state index contributed by atoms with van der Waals surface area (Å²) in [6.45, 7) is 3.62. The van der Waals surface area contributed by atoms with Gasteiger partial charge in [0.2, 0.25) is 10.0 Å². The Morgan fingerprint density at radius 3 is 2.81 bits per heavy atom. The SMILES string of the molecule is CC(C)NS(=O)(=O)Cc1nccn1C1CC1. The Kier molecular flexibility index (Phi) is 3.03. The molecule has 1 N–H and O–H groups in total. The summed E-state index contributed by atoms with van der Waals surface area (Å²) in [7, 11) is -3.27. The van der Waals surface area contributed by atoms with Crippen LogP contribution in [-0.4, -0.2) is 24.0 Å². The maximum absolute atomic E-state index is 11.7. The second kappa shape index (κ2) is 4.18. The first kappa shape index (κ1) is 11.6. The van der Waals surface area contributed by atoms with E-state index in [1.54, 1.807) is 6.20 Å². The minimum absolute atomic E-state index is 0.0331. The molecule has 16 heavy (non-hydrogen) atoms. The first-order chi connectivity index (χ1) is 7.48. The molecule has 0 aromatic carbocycles. The monoisotopic (exact) mass is 243 g/mol. The summed E-state index contributed by atoms with van der Waals surface area (Å²) in [6.07, 6.45) is 5.78. The van der Waals surface area contributed by atoms with E-state index in [0.29, 0.717) is 11.9 Å². The molecular weight excluding hydrogens is 226 g/mol. The Morgan fingerprint density at radius 2 is 2.25 bits per heavy atom. The van der Waals surface area contributed by atoms with Gasteiger partial charge in [-0.1, -0.05) is 0 Å². The highest BCUT2D eigenvalue weighted by atomic mass is 32.2. The molecule has 1 aliphatic carbocycles. The summed E-state index contributed by atoms with van der Waals surface area (Å²) in [5.41, 5.74) is 0. The molecule has 0 unspecified atom stereocenters. The molecule has 1 saturated carbocycles. The second-order valence-electron chi connectivity index (χ2n) is 4.51. The quantitative estimate of drug-likeness (QED) is 0.840. The minimum Gasteiger partial charge on any atom is -0.331 e. The molecular formula is C10H17N3O2S. The average Bonchev–Trinajstić information content (AvgIpc) is 2.86. The van der Waals surface area contributed by atoms with Crippen molar-refractivity contribution in [2.75, 3.05) is 0 Å². The fraction of sp³-hybridized carbons (Fsp3) is 0.700. The van der Waals surface area contributed by atoms with Crippen molar-refractivity contribution in [3.63, 3.8) is 0 Å². The van der Waals surface area contributed by atoms with Crippen molar-refractivity contribution >= 4 is 10.0 Å². The van der Waals surface area contributed by atoms with Crippen LogP contribution >= 0.6 is 0 Å². The summed E-state index contributed by atoms with van der Waals surface area (Å²) < 4.78 is 28.0. The maximum atomic E-state index is 11.7. The van der Waals surface area contributed by atoms with E-state index in [1.165, 1.54) is 0 Å². The standard InChI is InChI=1S/C10H17N3O2S/c1-8(2)12-16(14,15)7-10-11-5-6-13(10)9-3-4-9/h5-6,8-9,12H,3-4,7H2,1-2H3. The van der Waals surface area contributed by atoms with Gasteiger partial charge in [-0.15, -0.1) is 0 Å². The van der Waals surface area contributed by atoms with E-state index in [4.69, 9.17) is 0 Å². The third-order valence-corrected chi connectivity index (χ3v) is 3.89. The Morgan fingerprint density at radius 1 is 1.56 bits per heavy atom. The van der Waals surface area contributed by atoms with Crippen molar-refractivity contribution in [1.29, 1.82) is 0 Å². The highest BCUT2D eigenvalue weighted by Gasteiger charge is 2.27.